The fraction of sp³-hybridized carbons (Fsp3) is 0.294. The number of ether oxygens (including phenoxy) is 1. The molecule has 0 aromatic heterocycles. The maximum atomic E-state index is 13.0. The molecule has 0 saturated carbocycles. The van der Waals surface area contributed by atoms with Crippen LogP contribution in [0, 0.1) is 5.82 Å². The second-order valence-electron chi connectivity index (χ2n) is 5.50. The predicted octanol–water partition coefficient (Wildman–Crippen LogP) is 4.33. The van der Waals surface area contributed by atoms with E-state index in [0.717, 1.165) is 30.5 Å². The molecule has 0 bridgehead atoms. The van der Waals surface area contributed by atoms with Gasteiger partial charge in [0, 0.05) is 6.42 Å². The number of hydrogen-bond donors (Lipinski definition) is 0. The van der Waals surface area contributed by atoms with Crippen LogP contribution in [-0.4, -0.2) is 21.3 Å². The summed E-state index contributed by atoms with van der Waals surface area (Å²) in [6, 6.07) is 9.46. The summed E-state index contributed by atoms with van der Waals surface area (Å²) in [6.07, 6.45) is -4.59. The van der Waals surface area contributed by atoms with E-state index in [1.54, 1.807) is 0 Å². The lowest BCUT2D eigenvalue weighted by Gasteiger charge is -2.20. The molecular formula is C17H16F4O4S. The molecule has 0 saturated heterocycles. The summed E-state index contributed by atoms with van der Waals surface area (Å²) in [5, 5.41) is 0. The van der Waals surface area contributed by atoms with Gasteiger partial charge in [-0.1, -0.05) is 12.1 Å². The van der Waals surface area contributed by atoms with Crippen molar-refractivity contribution in [2.45, 2.75) is 18.7 Å². The smallest absolute Gasteiger partial charge is 0.416 e. The normalized spacial score (nSPS) is 13.4. The second kappa shape index (κ2) is 8.05. The Labute approximate surface area is 148 Å². The minimum atomic E-state index is -4.53. The second-order valence-corrected chi connectivity index (χ2v) is 7.14. The van der Waals surface area contributed by atoms with E-state index in [2.05, 4.69) is 4.18 Å². The number of halogens is 4. The summed E-state index contributed by atoms with van der Waals surface area (Å²) in [6.45, 7) is -0.277. The van der Waals surface area contributed by atoms with Gasteiger partial charge in [0.25, 0.3) is 10.1 Å². The molecule has 0 aliphatic rings. The number of benzene rings is 2. The van der Waals surface area contributed by atoms with E-state index < -0.39 is 33.8 Å². The third-order valence-electron chi connectivity index (χ3n) is 3.36. The average Bonchev–Trinajstić information content (AvgIpc) is 2.54. The van der Waals surface area contributed by atoms with Crippen molar-refractivity contribution in [3.63, 3.8) is 0 Å². The molecule has 0 amide bonds. The summed E-state index contributed by atoms with van der Waals surface area (Å²) < 4.78 is 84.2. The summed E-state index contributed by atoms with van der Waals surface area (Å²) >= 11 is 0. The van der Waals surface area contributed by atoms with Gasteiger partial charge in [-0.05, 0) is 42.0 Å². The highest BCUT2D eigenvalue weighted by Gasteiger charge is 2.31. The number of rotatable bonds is 7. The van der Waals surface area contributed by atoms with Crippen molar-refractivity contribution in [2.24, 2.45) is 0 Å². The Kier molecular flexibility index (Phi) is 6.25. The fourth-order valence-electron chi connectivity index (χ4n) is 2.19. The van der Waals surface area contributed by atoms with Gasteiger partial charge in [-0.2, -0.15) is 21.6 Å². The summed E-state index contributed by atoms with van der Waals surface area (Å²) in [5.41, 5.74) is -0.659. The SMILES string of the molecule is CS(=O)(=O)OCCC(Oc1ccc(F)cc1)c1cccc(C(F)(F)F)c1. The molecule has 1 atom stereocenters. The Balaban J connectivity index is 2.25. The maximum absolute atomic E-state index is 13.0. The molecule has 0 fully saturated rings. The third kappa shape index (κ3) is 6.30. The van der Waals surface area contributed by atoms with E-state index in [0.29, 0.717) is 0 Å². The van der Waals surface area contributed by atoms with Crippen LogP contribution in [0.2, 0.25) is 0 Å². The monoisotopic (exact) mass is 392 g/mol. The third-order valence-corrected chi connectivity index (χ3v) is 3.95. The van der Waals surface area contributed by atoms with Crippen molar-refractivity contribution < 1.29 is 34.9 Å². The Morgan fingerprint density at radius 2 is 1.73 bits per heavy atom. The van der Waals surface area contributed by atoms with Crippen molar-refractivity contribution in [3.8, 4) is 5.75 Å². The van der Waals surface area contributed by atoms with Gasteiger partial charge in [-0.3, -0.25) is 4.18 Å². The lowest BCUT2D eigenvalue weighted by atomic mass is 10.0. The highest BCUT2D eigenvalue weighted by atomic mass is 32.2. The first-order valence-corrected chi connectivity index (χ1v) is 9.30. The zero-order chi connectivity index (χ0) is 19.4. The van der Waals surface area contributed by atoms with Crippen molar-refractivity contribution in [1.82, 2.24) is 0 Å². The minimum absolute atomic E-state index is 0.0221. The van der Waals surface area contributed by atoms with Crippen LogP contribution in [0.5, 0.6) is 5.75 Å². The van der Waals surface area contributed by atoms with Gasteiger partial charge in [0.2, 0.25) is 0 Å². The van der Waals surface area contributed by atoms with E-state index in [4.69, 9.17) is 4.74 Å². The molecule has 2 aromatic rings. The molecule has 0 radical (unpaired) electrons. The van der Waals surface area contributed by atoms with Gasteiger partial charge in [-0.15, -0.1) is 0 Å². The zero-order valence-corrected chi connectivity index (χ0v) is 14.5. The Bertz CT molecular complexity index is 833. The van der Waals surface area contributed by atoms with Crippen LogP contribution in [0.3, 0.4) is 0 Å². The van der Waals surface area contributed by atoms with E-state index in [1.165, 1.54) is 24.3 Å². The molecule has 142 valence electrons. The van der Waals surface area contributed by atoms with E-state index >= 15 is 0 Å². The lowest BCUT2D eigenvalue weighted by molar-refractivity contribution is -0.137. The zero-order valence-electron chi connectivity index (χ0n) is 13.7. The van der Waals surface area contributed by atoms with E-state index in [-0.39, 0.29) is 24.3 Å². The molecule has 26 heavy (non-hydrogen) atoms. The molecule has 0 aliphatic heterocycles. The van der Waals surface area contributed by atoms with Gasteiger partial charge in [0.15, 0.2) is 0 Å². The summed E-state index contributed by atoms with van der Waals surface area (Å²) in [4.78, 5) is 0. The molecule has 0 heterocycles. The number of hydrogen-bond acceptors (Lipinski definition) is 4. The van der Waals surface area contributed by atoms with Crippen molar-refractivity contribution in [1.29, 1.82) is 0 Å². The number of alkyl halides is 3. The highest BCUT2D eigenvalue weighted by molar-refractivity contribution is 7.85. The summed E-state index contributed by atoms with van der Waals surface area (Å²) in [5.74, 6) is -0.262. The summed E-state index contributed by atoms with van der Waals surface area (Å²) in [7, 11) is -3.70. The molecule has 0 spiro atoms. The van der Waals surface area contributed by atoms with E-state index in [9.17, 15) is 26.0 Å². The molecular weight excluding hydrogens is 376 g/mol. The quantitative estimate of drug-likeness (QED) is 0.520. The van der Waals surface area contributed by atoms with Gasteiger partial charge in [-0.25, -0.2) is 4.39 Å². The molecule has 0 N–H and O–H groups in total. The lowest BCUT2D eigenvalue weighted by Crippen LogP contribution is -2.14. The largest absolute Gasteiger partial charge is 0.486 e. The van der Waals surface area contributed by atoms with Crippen LogP contribution in [0.25, 0.3) is 0 Å². The van der Waals surface area contributed by atoms with Crippen LogP contribution in [-0.2, 0) is 20.5 Å². The average molecular weight is 392 g/mol. The first kappa shape index (κ1) is 20.2. The molecule has 2 rings (SSSR count). The highest BCUT2D eigenvalue weighted by Crippen LogP contribution is 2.33. The standard InChI is InChI=1S/C17H16F4O4S/c1-26(22,23)24-10-9-16(25-15-7-5-14(18)6-8-15)12-3-2-4-13(11-12)17(19,20)21/h2-8,11,16H,9-10H2,1H3. The first-order chi connectivity index (χ1) is 12.0. The molecule has 1 unspecified atom stereocenters. The molecule has 4 nitrogen and oxygen atoms in total. The Morgan fingerprint density at radius 1 is 1.08 bits per heavy atom. The molecule has 2 aromatic carbocycles. The van der Waals surface area contributed by atoms with Gasteiger partial charge >= 0.3 is 6.18 Å². The molecule has 9 heteroatoms. The van der Waals surface area contributed by atoms with E-state index in [1.807, 2.05) is 0 Å². The predicted molar refractivity (Wildman–Crippen MR) is 86.6 cm³/mol. The minimum Gasteiger partial charge on any atom is -0.486 e. The van der Waals surface area contributed by atoms with Crippen molar-refractivity contribution in [3.05, 3.63) is 65.5 Å². The van der Waals surface area contributed by atoms with Crippen molar-refractivity contribution in [2.75, 3.05) is 12.9 Å². The van der Waals surface area contributed by atoms with Gasteiger partial charge in [0.1, 0.15) is 17.7 Å². The van der Waals surface area contributed by atoms with Crippen LogP contribution >= 0.6 is 0 Å². The van der Waals surface area contributed by atoms with Crippen LogP contribution < -0.4 is 4.74 Å². The fourth-order valence-corrected chi connectivity index (χ4v) is 2.59. The van der Waals surface area contributed by atoms with Crippen molar-refractivity contribution >= 4 is 10.1 Å². The van der Waals surface area contributed by atoms with Gasteiger partial charge < -0.3 is 4.74 Å². The topological polar surface area (TPSA) is 52.6 Å². The van der Waals surface area contributed by atoms with Gasteiger partial charge in [0.05, 0.1) is 18.4 Å². The molecule has 0 aliphatic carbocycles. The van der Waals surface area contributed by atoms with Crippen LogP contribution in [0.1, 0.15) is 23.7 Å². The first-order valence-electron chi connectivity index (χ1n) is 7.48. The Morgan fingerprint density at radius 3 is 2.31 bits per heavy atom. The van der Waals surface area contributed by atoms with Crippen LogP contribution in [0.4, 0.5) is 17.6 Å². The Hall–Kier alpha value is -2.13. The maximum Gasteiger partial charge on any atom is 0.416 e. The van der Waals surface area contributed by atoms with Crippen LogP contribution in [0.15, 0.2) is 48.5 Å².